The third-order valence-electron chi connectivity index (χ3n) is 7.61. The summed E-state index contributed by atoms with van der Waals surface area (Å²) in [6, 6.07) is 27.2. The molecule has 3 aromatic carbocycles. The normalized spacial score (nSPS) is 15.7. The summed E-state index contributed by atoms with van der Waals surface area (Å²) in [4.78, 5) is 9.67. The molecule has 0 spiro atoms. The summed E-state index contributed by atoms with van der Waals surface area (Å²) < 4.78 is 1.94. The number of nitrogens with zero attached hydrogens (tertiary/aromatic N) is 7. The van der Waals surface area contributed by atoms with Gasteiger partial charge in [0.15, 0.2) is 5.82 Å². The quantitative estimate of drug-likeness (QED) is 0.295. The maximum absolute atomic E-state index is 4.65. The molecule has 0 radical (unpaired) electrons. The first-order valence-corrected chi connectivity index (χ1v) is 13.6. The predicted octanol–water partition coefficient (Wildman–Crippen LogP) is 5.25. The zero-order valence-electron chi connectivity index (χ0n) is 22.5. The Kier molecular flexibility index (Phi) is 7.25. The van der Waals surface area contributed by atoms with Crippen molar-refractivity contribution in [1.82, 2.24) is 35.0 Å². The van der Waals surface area contributed by atoms with Crippen molar-refractivity contribution < 1.29 is 0 Å². The third-order valence-corrected chi connectivity index (χ3v) is 7.61. The first-order valence-electron chi connectivity index (χ1n) is 13.6. The molecule has 1 aliphatic heterocycles. The Morgan fingerprint density at radius 1 is 0.821 bits per heavy atom. The molecule has 0 aliphatic carbocycles. The van der Waals surface area contributed by atoms with E-state index in [2.05, 4.69) is 129 Å². The second-order valence-electron chi connectivity index (χ2n) is 10.2. The smallest absolute Gasteiger partial charge is 0.178 e. The van der Waals surface area contributed by atoms with Crippen molar-refractivity contribution in [3.8, 4) is 5.69 Å². The van der Waals surface area contributed by atoms with Gasteiger partial charge in [-0.3, -0.25) is 14.8 Å². The highest BCUT2D eigenvalue weighted by Crippen LogP contribution is 2.34. The summed E-state index contributed by atoms with van der Waals surface area (Å²) in [6.45, 7) is 8.96. The number of piperazine rings is 1. The Hall–Kier alpha value is -4.20. The summed E-state index contributed by atoms with van der Waals surface area (Å²) in [5.41, 5.74) is 6.74. The van der Waals surface area contributed by atoms with Crippen molar-refractivity contribution in [3.63, 3.8) is 0 Å². The van der Waals surface area contributed by atoms with E-state index >= 15 is 0 Å². The lowest BCUT2D eigenvalue weighted by molar-refractivity contribution is 0.114. The van der Waals surface area contributed by atoms with Crippen LogP contribution in [0.15, 0.2) is 91.1 Å². The molecule has 5 aromatic rings. The molecule has 1 saturated heterocycles. The number of rotatable bonds is 7. The summed E-state index contributed by atoms with van der Waals surface area (Å²) in [5, 5.41) is 14.5. The second-order valence-corrected chi connectivity index (χ2v) is 10.2. The number of aryl methyl sites for hydroxylation is 2. The third kappa shape index (κ3) is 5.24. The minimum Gasteiger partial charge on any atom is -0.297 e. The van der Waals surface area contributed by atoms with Gasteiger partial charge in [-0.25, -0.2) is 0 Å². The Balaban J connectivity index is 1.33. The molecule has 196 valence electrons. The molecule has 1 atom stereocenters. The van der Waals surface area contributed by atoms with Crippen LogP contribution in [0.5, 0.6) is 0 Å². The second kappa shape index (κ2) is 11.3. The van der Waals surface area contributed by atoms with Gasteiger partial charge in [0.25, 0.3) is 0 Å². The molecule has 7 heteroatoms. The average Bonchev–Trinajstić information content (AvgIpc) is 3.43. The number of hydrogen-bond donors (Lipinski definition) is 0. The van der Waals surface area contributed by atoms with Crippen molar-refractivity contribution in [2.75, 3.05) is 32.7 Å². The van der Waals surface area contributed by atoms with Crippen molar-refractivity contribution in [3.05, 3.63) is 119 Å². The van der Waals surface area contributed by atoms with E-state index in [9.17, 15) is 0 Å². The summed E-state index contributed by atoms with van der Waals surface area (Å²) >= 11 is 0. The Morgan fingerprint density at radius 3 is 2.36 bits per heavy atom. The first-order chi connectivity index (χ1) is 19.2. The molecule has 39 heavy (non-hydrogen) atoms. The van der Waals surface area contributed by atoms with E-state index in [4.69, 9.17) is 0 Å². The number of fused-ring (bicyclic) bond motifs is 1. The van der Waals surface area contributed by atoms with E-state index in [1.54, 1.807) is 0 Å². The fraction of sp³-hybridized carbons (Fsp3) is 0.250. The maximum atomic E-state index is 4.65. The Morgan fingerprint density at radius 2 is 1.56 bits per heavy atom. The number of hydrogen-bond acceptors (Lipinski definition) is 6. The van der Waals surface area contributed by atoms with E-state index < -0.39 is 0 Å². The standard InChI is InChI=1S/C32H33N7/c1-24-10-8-11-25(2)30(24)39-32(34-35-36-39)31(28-17-18-33-29-16-7-6-15-27(28)29)38-22-20-37(21-23-38)19-9-14-26-12-4-3-5-13-26/h3-18,31H,19-23H2,1-2H3/b14-9+. The average molecular weight is 516 g/mol. The van der Waals surface area contributed by atoms with Gasteiger partial charge < -0.3 is 0 Å². The topological polar surface area (TPSA) is 63.0 Å². The molecule has 3 heterocycles. The SMILES string of the molecule is Cc1cccc(C)c1-n1nnnc1C(c1ccnc2ccccc12)N1CCN(C/C=C/c2ccccc2)CC1. The van der Waals surface area contributed by atoms with Gasteiger partial charge in [0.05, 0.1) is 17.2 Å². The number of benzene rings is 3. The molecular weight excluding hydrogens is 482 g/mol. The van der Waals surface area contributed by atoms with Gasteiger partial charge in [-0.15, -0.1) is 5.10 Å². The highest BCUT2D eigenvalue weighted by atomic mass is 15.6. The zero-order chi connectivity index (χ0) is 26.6. The highest BCUT2D eigenvalue weighted by molar-refractivity contribution is 5.82. The Bertz CT molecular complexity index is 1560. The molecule has 0 N–H and O–H groups in total. The number of aromatic nitrogens is 5. The molecule has 0 amide bonds. The van der Waals surface area contributed by atoms with E-state index in [0.29, 0.717) is 0 Å². The molecule has 1 aliphatic rings. The lowest BCUT2D eigenvalue weighted by Gasteiger charge is -2.39. The van der Waals surface area contributed by atoms with Gasteiger partial charge in [0.1, 0.15) is 0 Å². The molecule has 1 fully saturated rings. The fourth-order valence-electron chi connectivity index (χ4n) is 5.63. The monoisotopic (exact) mass is 515 g/mol. The molecule has 0 bridgehead atoms. The number of para-hydroxylation sites is 2. The van der Waals surface area contributed by atoms with Crippen LogP contribution in [0.25, 0.3) is 22.7 Å². The molecule has 6 rings (SSSR count). The van der Waals surface area contributed by atoms with Gasteiger partial charge in [0, 0.05) is 44.3 Å². The molecule has 2 aromatic heterocycles. The van der Waals surface area contributed by atoms with Crippen LogP contribution in [-0.2, 0) is 0 Å². The predicted molar refractivity (Wildman–Crippen MR) is 156 cm³/mol. The minimum atomic E-state index is -0.103. The van der Waals surface area contributed by atoms with E-state index in [-0.39, 0.29) is 6.04 Å². The van der Waals surface area contributed by atoms with Crippen molar-refractivity contribution in [2.24, 2.45) is 0 Å². The van der Waals surface area contributed by atoms with Gasteiger partial charge >= 0.3 is 0 Å². The molecule has 7 nitrogen and oxygen atoms in total. The first kappa shape index (κ1) is 25.1. The van der Waals surface area contributed by atoms with E-state index in [1.165, 1.54) is 11.1 Å². The van der Waals surface area contributed by atoms with Crippen molar-refractivity contribution in [2.45, 2.75) is 19.9 Å². The van der Waals surface area contributed by atoms with Crippen molar-refractivity contribution >= 4 is 17.0 Å². The maximum Gasteiger partial charge on any atom is 0.178 e. The minimum absolute atomic E-state index is 0.103. The van der Waals surface area contributed by atoms with Crippen LogP contribution in [0.2, 0.25) is 0 Å². The number of tetrazole rings is 1. The van der Waals surface area contributed by atoms with Crippen LogP contribution >= 0.6 is 0 Å². The van der Waals surface area contributed by atoms with Crippen LogP contribution in [0.4, 0.5) is 0 Å². The lowest BCUT2D eigenvalue weighted by Crippen LogP contribution is -2.48. The van der Waals surface area contributed by atoms with Crippen LogP contribution in [-0.4, -0.2) is 67.7 Å². The molecule has 0 saturated carbocycles. The lowest BCUT2D eigenvalue weighted by atomic mass is 9.98. The van der Waals surface area contributed by atoms with Crippen molar-refractivity contribution in [1.29, 1.82) is 0 Å². The summed E-state index contributed by atoms with van der Waals surface area (Å²) in [5.74, 6) is 0.834. The van der Waals surface area contributed by atoms with Crippen LogP contribution in [0.1, 0.15) is 34.1 Å². The highest BCUT2D eigenvalue weighted by Gasteiger charge is 2.32. The largest absolute Gasteiger partial charge is 0.297 e. The van der Waals surface area contributed by atoms with E-state index in [0.717, 1.165) is 66.3 Å². The fourth-order valence-corrected chi connectivity index (χ4v) is 5.63. The van der Waals surface area contributed by atoms with Gasteiger partial charge in [0.2, 0.25) is 0 Å². The van der Waals surface area contributed by atoms with Crippen LogP contribution in [0.3, 0.4) is 0 Å². The van der Waals surface area contributed by atoms with Crippen LogP contribution in [0, 0.1) is 13.8 Å². The molecular formula is C32H33N7. The summed E-state index contributed by atoms with van der Waals surface area (Å²) in [6.07, 6.45) is 6.37. The summed E-state index contributed by atoms with van der Waals surface area (Å²) in [7, 11) is 0. The molecule has 1 unspecified atom stereocenters. The van der Waals surface area contributed by atoms with Crippen LogP contribution < -0.4 is 0 Å². The zero-order valence-corrected chi connectivity index (χ0v) is 22.5. The van der Waals surface area contributed by atoms with E-state index in [1.807, 2.05) is 16.9 Å². The number of pyridine rings is 1. The van der Waals surface area contributed by atoms with Gasteiger partial charge in [-0.05, 0) is 58.7 Å². The Labute approximate surface area is 229 Å². The van der Waals surface area contributed by atoms with Gasteiger partial charge in [-0.2, -0.15) is 4.68 Å². The van der Waals surface area contributed by atoms with Gasteiger partial charge in [-0.1, -0.05) is 78.9 Å².